The first-order chi connectivity index (χ1) is 13.3. The van der Waals surface area contributed by atoms with Gasteiger partial charge in [-0.15, -0.1) is 0 Å². The van der Waals surface area contributed by atoms with Gasteiger partial charge in [0.25, 0.3) is 17.4 Å². The first-order valence-electron chi connectivity index (χ1n) is 8.24. The number of aliphatic hydroxyl groups excluding tert-OH is 2. The summed E-state index contributed by atoms with van der Waals surface area (Å²) < 4.78 is 13.3. The molecule has 0 bridgehead atoms. The van der Waals surface area contributed by atoms with E-state index in [9.17, 15) is 34.3 Å². The van der Waals surface area contributed by atoms with Crippen molar-refractivity contribution in [3.8, 4) is 0 Å². The Kier molecular flexibility index (Phi) is 5.18. The SMILES string of the molecule is O=C1C(=O)N(CCO)[C@H](c2ccc(F)cc2)/C1=C(\O)c1ccc([N+](=O)[O-])cc1. The molecule has 1 amide bonds. The van der Waals surface area contributed by atoms with E-state index in [-0.39, 0.29) is 23.4 Å². The number of β-amino-alcohol motifs (C(OH)–C–C–N with tert-alkyl or cyclic N) is 1. The molecule has 144 valence electrons. The van der Waals surface area contributed by atoms with Crippen molar-refractivity contribution in [3.63, 3.8) is 0 Å². The number of aliphatic hydroxyl groups is 2. The molecule has 1 atom stereocenters. The number of Topliss-reactive ketones (excluding diaryl/α,β-unsaturated/α-hetero) is 1. The zero-order valence-corrected chi connectivity index (χ0v) is 14.4. The molecule has 1 heterocycles. The van der Waals surface area contributed by atoms with E-state index >= 15 is 0 Å². The van der Waals surface area contributed by atoms with Crippen LogP contribution >= 0.6 is 0 Å². The fourth-order valence-electron chi connectivity index (χ4n) is 3.11. The molecule has 1 fully saturated rings. The summed E-state index contributed by atoms with van der Waals surface area (Å²) in [5, 5.41) is 30.7. The Morgan fingerprint density at radius 1 is 1.11 bits per heavy atom. The standard InChI is InChI=1S/C19H15FN2O6/c20-13-5-1-11(2-6-13)16-15(18(25)19(26)21(16)9-10-23)17(24)12-3-7-14(8-4-12)22(27)28/h1-8,16,23-24H,9-10H2/b17-15+/t16-/m1/s1. The quantitative estimate of drug-likeness (QED) is 0.267. The lowest BCUT2D eigenvalue weighted by molar-refractivity contribution is -0.384. The van der Waals surface area contributed by atoms with Crippen LogP contribution in [-0.4, -0.2) is 44.9 Å². The number of carbonyl (C=O) groups excluding carboxylic acids is 2. The number of ketones is 1. The van der Waals surface area contributed by atoms with Gasteiger partial charge < -0.3 is 15.1 Å². The van der Waals surface area contributed by atoms with Crippen molar-refractivity contribution in [2.24, 2.45) is 0 Å². The summed E-state index contributed by atoms with van der Waals surface area (Å²) in [4.78, 5) is 36.2. The third-order valence-corrected chi connectivity index (χ3v) is 4.42. The van der Waals surface area contributed by atoms with Crippen LogP contribution < -0.4 is 0 Å². The zero-order valence-electron chi connectivity index (χ0n) is 14.4. The minimum absolute atomic E-state index is 0.111. The molecule has 2 aromatic rings. The molecule has 0 aromatic heterocycles. The predicted molar refractivity (Wildman–Crippen MR) is 95.6 cm³/mol. The normalized spacial score (nSPS) is 18.5. The van der Waals surface area contributed by atoms with Crippen LogP contribution in [0, 0.1) is 15.9 Å². The van der Waals surface area contributed by atoms with Crippen molar-refractivity contribution in [1.29, 1.82) is 0 Å². The van der Waals surface area contributed by atoms with E-state index < -0.39 is 40.8 Å². The maximum absolute atomic E-state index is 13.3. The van der Waals surface area contributed by atoms with E-state index in [1.165, 1.54) is 24.3 Å². The summed E-state index contributed by atoms with van der Waals surface area (Å²) in [5.41, 5.74) is 0.0449. The highest BCUT2D eigenvalue weighted by molar-refractivity contribution is 6.46. The third-order valence-electron chi connectivity index (χ3n) is 4.42. The molecule has 0 aliphatic carbocycles. The first kappa shape index (κ1) is 19.2. The number of carbonyl (C=O) groups is 2. The average molecular weight is 386 g/mol. The second kappa shape index (κ2) is 7.57. The maximum atomic E-state index is 13.3. The second-order valence-electron chi connectivity index (χ2n) is 6.07. The van der Waals surface area contributed by atoms with Gasteiger partial charge in [-0.3, -0.25) is 19.7 Å². The van der Waals surface area contributed by atoms with Gasteiger partial charge in [0.1, 0.15) is 11.6 Å². The van der Waals surface area contributed by atoms with E-state index in [1.54, 1.807) is 0 Å². The summed E-state index contributed by atoms with van der Waals surface area (Å²) in [6.07, 6.45) is 0. The van der Waals surface area contributed by atoms with Crippen molar-refractivity contribution in [3.05, 3.63) is 81.2 Å². The predicted octanol–water partition coefficient (Wildman–Crippen LogP) is 2.15. The second-order valence-corrected chi connectivity index (χ2v) is 6.07. The minimum atomic E-state index is -1.03. The van der Waals surface area contributed by atoms with E-state index in [2.05, 4.69) is 0 Å². The van der Waals surface area contributed by atoms with E-state index in [0.717, 1.165) is 29.2 Å². The Morgan fingerprint density at radius 3 is 2.25 bits per heavy atom. The van der Waals surface area contributed by atoms with Crippen LogP contribution in [0.5, 0.6) is 0 Å². The van der Waals surface area contributed by atoms with Crippen LogP contribution in [0.25, 0.3) is 5.76 Å². The highest BCUT2D eigenvalue weighted by Crippen LogP contribution is 2.39. The highest BCUT2D eigenvalue weighted by Gasteiger charge is 2.45. The van der Waals surface area contributed by atoms with E-state index in [0.29, 0.717) is 5.56 Å². The summed E-state index contributed by atoms with van der Waals surface area (Å²) in [6.45, 7) is -0.577. The molecule has 0 spiro atoms. The van der Waals surface area contributed by atoms with Crippen molar-refractivity contribution in [1.82, 2.24) is 4.90 Å². The number of nitro benzene ring substituents is 1. The van der Waals surface area contributed by atoms with Crippen LogP contribution in [0.2, 0.25) is 0 Å². The number of likely N-dealkylation sites (tertiary alicyclic amines) is 1. The molecule has 9 heteroatoms. The lowest BCUT2D eigenvalue weighted by Crippen LogP contribution is -2.32. The van der Waals surface area contributed by atoms with Crippen LogP contribution in [0.3, 0.4) is 0 Å². The molecule has 2 N–H and O–H groups in total. The molecule has 1 aliphatic rings. The van der Waals surface area contributed by atoms with Crippen molar-refractivity contribution in [2.45, 2.75) is 6.04 Å². The Hall–Kier alpha value is -3.59. The van der Waals surface area contributed by atoms with Crippen LogP contribution in [0.4, 0.5) is 10.1 Å². The number of hydrogen-bond acceptors (Lipinski definition) is 6. The van der Waals surface area contributed by atoms with Gasteiger partial charge in [0.05, 0.1) is 23.1 Å². The van der Waals surface area contributed by atoms with Gasteiger partial charge in [0.15, 0.2) is 0 Å². The first-order valence-corrected chi connectivity index (χ1v) is 8.24. The number of rotatable bonds is 5. The molecule has 28 heavy (non-hydrogen) atoms. The fourth-order valence-corrected chi connectivity index (χ4v) is 3.11. The average Bonchev–Trinajstić information content (AvgIpc) is 2.93. The highest BCUT2D eigenvalue weighted by atomic mass is 19.1. The Bertz CT molecular complexity index is 969. The fraction of sp³-hybridized carbons (Fsp3) is 0.158. The molecule has 0 radical (unpaired) electrons. The molecule has 8 nitrogen and oxygen atoms in total. The van der Waals surface area contributed by atoms with Crippen molar-refractivity contribution in [2.75, 3.05) is 13.2 Å². The summed E-state index contributed by atoms with van der Waals surface area (Å²) in [6, 6.07) is 8.86. The molecule has 0 saturated carbocycles. The number of amides is 1. The zero-order chi connectivity index (χ0) is 20.4. The number of nitro groups is 1. The van der Waals surface area contributed by atoms with Crippen LogP contribution in [0.1, 0.15) is 17.2 Å². The van der Waals surface area contributed by atoms with Gasteiger partial charge in [-0.1, -0.05) is 12.1 Å². The Labute approximate surface area is 158 Å². The molecule has 1 aliphatic heterocycles. The van der Waals surface area contributed by atoms with Gasteiger partial charge in [0.2, 0.25) is 0 Å². The van der Waals surface area contributed by atoms with Crippen molar-refractivity contribution >= 4 is 23.1 Å². The molecular formula is C19H15FN2O6. The smallest absolute Gasteiger partial charge is 0.295 e. The number of halogens is 1. The van der Waals surface area contributed by atoms with E-state index in [4.69, 9.17) is 0 Å². The summed E-state index contributed by atoms with van der Waals surface area (Å²) in [7, 11) is 0. The summed E-state index contributed by atoms with van der Waals surface area (Å²) >= 11 is 0. The Balaban J connectivity index is 2.14. The van der Waals surface area contributed by atoms with Gasteiger partial charge in [-0.2, -0.15) is 0 Å². The summed E-state index contributed by atoms with van der Waals surface area (Å²) in [5.74, 6) is -2.90. The number of nitrogens with zero attached hydrogens (tertiary/aromatic N) is 2. The van der Waals surface area contributed by atoms with Gasteiger partial charge >= 0.3 is 0 Å². The van der Waals surface area contributed by atoms with Crippen molar-refractivity contribution < 1.29 is 29.1 Å². The molecule has 2 aromatic carbocycles. The maximum Gasteiger partial charge on any atom is 0.295 e. The minimum Gasteiger partial charge on any atom is -0.507 e. The van der Waals surface area contributed by atoms with Gasteiger partial charge in [-0.05, 0) is 29.8 Å². The lowest BCUT2D eigenvalue weighted by Gasteiger charge is -2.24. The number of non-ortho nitro benzene ring substituents is 1. The monoisotopic (exact) mass is 386 g/mol. The van der Waals surface area contributed by atoms with Crippen LogP contribution in [0.15, 0.2) is 54.1 Å². The number of hydrogen-bond donors (Lipinski definition) is 2. The molecule has 3 rings (SSSR count). The van der Waals surface area contributed by atoms with E-state index in [1.807, 2.05) is 0 Å². The lowest BCUT2D eigenvalue weighted by atomic mass is 9.95. The topological polar surface area (TPSA) is 121 Å². The van der Waals surface area contributed by atoms with Gasteiger partial charge in [0, 0.05) is 24.2 Å². The van der Waals surface area contributed by atoms with Gasteiger partial charge in [-0.25, -0.2) is 4.39 Å². The largest absolute Gasteiger partial charge is 0.507 e. The molecule has 0 unspecified atom stereocenters. The third kappa shape index (κ3) is 3.35. The molecular weight excluding hydrogens is 371 g/mol. The van der Waals surface area contributed by atoms with Crippen LogP contribution in [-0.2, 0) is 9.59 Å². The molecule has 1 saturated heterocycles. The number of benzene rings is 2. The Morgan fingerprint density at radius 2 is 1.71 bits per heavy atom.